The molecule has 1 unspecified atom stereocenters. The summed E-state index contributed by atoms with van der Waals surface area (Å²) in [6, 6.07) is 6.80. The van der Waals surface area contributed by atoms with E-state index in [0.29, 0.717) is 37.4 Å². The fraction of sp³-hybridized carbons (Fsp3) is 0.444. The van der Waals surface area contributed by atoms with Gasteiger partial charge in [-0.15, -0.1) is 0 Å². The monoisotopic (exact) mass is 376 g/mol. The highest BCUT2D eigenvalue weighted by Gasteiger charge is 2.38. The lowest BCUT2D eigenvalue weighted by molar-refractivity contribution is -0.672. The third-order valence-corrected chi connectivity index (χ3v) is 4.51. The molecule has 1 aliphatic rings. The Morgan fingerprint density at radius 2 is 2.07 bits per heavy atom. The van der Waals surface area contributed by atoms with Crippen LogP contribution in [0.2, 0.25) is 0 Å². The molecule has 1 amide bonds. The number of methoxy groups -OCH3 is 1. The van der Waals surface area contributed by atoms with Gasteiger partial charge in [-0.2, -0.15) is 0 Å². The molecule has 1 saturated heterocycles. The van der Waals surface area contributed by atoms with Crippen LogP contribution in [-0.4, -0.2) is 48.9 Å². The number of hydrogen-bond acceptors (Lipinski definition) is 6. The summed E-state index contributed by atoms with van der Waals surface area (Å²) in [4.78, 5) is 38.6. The van der Waals surface area contributed by atoms with E-state index in [2.05, 4.69) is 5.27 Å². The number of rotatable bonds is 5. The van der Waals surface area contributed by atoms with Gasteiger partial charge < -0.3 is 14.4 Å². The lowest BCUT2D eigenvalue weighted by Crippen LogP contribution is -2.49. The second-order valence-corrected chi connectivity index (χ2v) is 6.21. The lowest BCUT2D eigenvalue weighted by atomic mass is 9.98. The Morgan fingerprint density at radius 3 is 2.74 bits per heavy atom. The van der Waals surface area contributed by atoms with Crippen LogP contribution in [0.4, 0.5) is 0 Å². The van der Waals surface area contributed by atoms with E-state index >= 15 is 0 Å². The Morgan fingerprint density at radius 1 is 1.33 bits per heavy atom. The minimum absolute atomic E-state index is 0.148. The Bertz CT molecular complexity index is 870. The van der Waals surface area contributed by atoms with Crippen molar-refractivity contribution in [1.29, 1.82) is 0 Å². The van der Waals surface area contributed by atoms with Gasteiger partial charge in [0.1, 0.15) is 5.75 Å². The summed E-state index contributed by atoms with van der Waals surface area (Å²) in [5, 5.41) is 2.45. The van der Waals surface area contributed by atoms with Gasteiger partial charge in [-0.25, -0.2) is 4.79 Å². The van der Waals surface area contributed by atoms with Crippen molar-refractivity contribution in [3.05, 3.63) is 40.4 Å². The molecule has 3 rings (SSSR count). The molecule has 1 N–H and O–H groups in total. The molecule has 0 bridgehead atoms. The molecule has 1 fully saturated rings. The summed E-state index contributed by atoms with van der Waals surface area (Å²) >= 11 is 0. The van der Waals surface area contributed by atoms with Gasteiger partial charge in [-0.1, -0.05) is 0 Å². The van der Waals surface area contributed by atoms with E-state index in [1.807, 2.05) is 0 Å². The molecule has 9 heteroatoms. The van der Waals surface area contributed by atoms with Crippen molar-refractivity contribution in [3.63, 3.8) is 0 Å². The maximum absolute atomic E-state index is 13.0. The number of hydrogen-bond donors (Lipinski definition) is 1. The number of aromatic nitrogens is 2. The first kappa shape index (κ1) is 18.7. The van der Waals surface area contributed by atoms with Crippen molar-refractivity contribution in [2.24, 2.45) is 5.92 Å². The minimum atomic E-state index is -0.769. The molecule has 144 valence electrons. The number of nitrogens with zero attached hydrogens (tertiary/aromatic N) is 2. The van der Waals surface area contributed by atoms with Crippen LogP contribution in [0.15, 0.2) is 33.6 Å². The van der Waals surface area contributed by atoms with Crippen LogP contribution in [0.5, 0.6) is 5.75 Å². The average Bonchev–Trinajstić information content (AvgIpc) is 3.09. The lowest BCUT2D eigenvalue weighted by Gasteiger charge is -2.30. The first-order valence-electron chi connectivity index (χ1n) is 8.79. The van der Waals surface area contributed by atoms with Crippen molar-refractivity contribution >= 4 is 11.9 Å². The molecule has 1 aliphatic heterocycles. The highest BCUT2D eigenvalue weighted by molar-refractivity contribution is 5.91. The van der Waals surface area contributed by atoms with Gasteiger partial charge in [0.2, 0.25) is 5.69 Å². The highest BCUT2D eigenvalue weighted by Crippen LogP contribution is 2.19. The Kier molecular flexibility index (Phi) is 5.58. The van der Waals surface area contributed by atoms with Crippen LogP contribution >= 0.6 is 0 Å². The topological polar surface area (TPSA) is 106 Å². The number of aromatic amines is 1. The van der Waals surface area contributed by atoms with Crippen LogP contribution in [0, 0.1) is 5.92 Å². The third kappa shape index (κ3) is 3.86. The zero-order valence-corrected chi connectivity index (χ0v) is 15.3. The molecule has 1 aromatic heterocycles. The van der Waals surface area contributed by atoms with E-state index < -0.39 is 11.5 Å². The summed E-state index contributed by atoms with van der Waals surface area (Å²) in [5.74, 6) is -0.552. The van der Waals surface area contributed by atoms with Crippen molar-refractivity contribution in [1.82, 2.24) is 10.2 Å². The number of H-pyrrole nitrogens is 1. The van der Waals surface area contributed by atoms with Gasteiger partial charge in [-0.05, 0) is 41.9 Å². The fourth-order valence-electron chi connectivity index (χ4n) is 3.13. The molecule has 0 radical (unpaired) electrons. The van der Waals surface area contributed by atoms with E-state index in [4.69, 9.17) is 14.0 Å². The van der Waals surface area contributed by atoms with Crippen molar-refractivity contribution in [3.8, 4) is 11.4 Å². The highest BCUT2D eigenvalue weighted by atomic mass is 16.5. The standard InChI is InChI=1S/C18H21N3O6/c1-3-26-17(23)12-5-4-10-20(11-12)16(22)15-18(24)27-19-21(15)13-6-8-14(25-2)9-7-13/h6-9,12H,3-5,10-11H2,1-2H3/p+1. The number of nitrogens with one attached hydrogen (secondary N) is 1. The van der Waals surface area contributed by atoms with E-state index in [1.54, 1.807) is 38.3 Å². The molecule has 9 nitrogen and oxygen atoms in total. The molecular weight excluding hydrogens is 354 g/mol. The Labute approximate surface area is 155 Å². The molecule has 1 atom stereocenters. The predicted molar refractivity (Wildman–Crippen MR) is 92.7 cm³/mol. The first-order chi connectivity index (χ1) is 13.0. The maximum atomic E-state index is 13.0. The van der Waals surface area contributed by atoms with Crippen LogP contribution in [0.1, 0.15) is 30.3 Å². The van der Waals surface area contributed by atoms with Crippen molar-refractivity contribution < 1.29 is 28.3 Å². The number of likely N-dealkylation sites (tertiary alicyclic amines) is 1. The molecule has 0 spiro atoms. The van der Waals surface area contributed by atoms with Gasteiger partial charge in [0.05, 0.1) is 19.6 Å². The van der Waals surface area contributed by atoms with Crippen molar-refractivity contribution in [2.45, 2.75) is 19.8 Å². The molecule has 27 heavy (non-hydrogen) atoms. The van der Waals surface area contributed by atoms with Gasteiger partial charge in [0.15, 0.2) is 0 Å². The molecule has 2 heterocycles. The quantitative estimate of drug-likeness (QED) is 0.607. The summed E-state index contributed by atoms with van der Waals surface area (Å²) in [5.41, 5.74) is -0.372. The minimum Gasteiger partial charge on any atom is -0.497 e. The zero-order valence-electron chi connectivity index (χ0n) is 15.3. The molecule has 0 aliphatic carbocycles. The summed E-state index contributed by atoms with van der Waals surface area (Å²) in [6.45, 7) is 2.71. The van der Waals surface area contributed by atoms with Crippen LogP contribution in [0.3, 0.4) is 0 Å². The molecule has 1 aromatic carbocycles. The summed E-state index contributed by atoms with van der Waals surface area (Å²) in [6.07, 6.45) is 1.32. The maximum Gasteiger partial charge on any atom is 0.441 e. The number of piperidine rings is 1. The fourth-order valence-corrected chi connectivity index (χ4v) is 3.13. The van der Waals surface area contributed by atoms with Gasteiger partial charge in [0.25, 0.3) is 0 Å². The normalized spacial score (nSPS) is 16.8. The van der Waals surface area contributed by atoms with Crippen molar-refractivity contribution in [2.75, 3.05) is 26.8 Å². The summed E-state index contributed by atoms with van der Waals surface area (Å²) in [7, 11) is 1.55. The predicted octanol–water partition coefficient (Wildman–Crippen LogP) is 0.669. The Hall–Kier alpha value is -3.10. The second-order valence-electron chi connectivity index (χ2n) is 6.21. The molecule has 0 saturated carbocycles. The number of esters is 1. The number of ether oxygens (including phenoxy) is 2. The van der Waals surface area contributed by atoms with Crippen LogP contribution in [0.25, 0.3) is 5.69 Å². The van der Waals surface area contributed by atoms with Crippen LogP contribution in [-0.2, 0) is 9.53 Å². The second kappa shape index (κ2) is 8.07. The summed E-state index contributed by atoms with van der Waals surface area (Å²) < 4.78 is 16.3. The van der Waals surface area contributed by atoms with Gasteiger partial charge >= 0.3 is 23.2 Å². The smallest absolute Gasteiger partial charge is 0.441 e. The molecular formula is C18H22N3O6+. The van der Waals surface area contributed by atoms with E-state index in [1.165, 1.54) is 9.58 Å². The van der Waals surface area contributed by atoms with E-state index in [9.17, 15) is 14.4 Å². The van der Waals surface area contributed by atoms with Gasteiger partial charge in [0, 0.05) is 25.2 Å². The average molecular weight is 376 g/mol. The number of amides is 1. The first-order valence-corrected chi connectivity index (χ1v) is 8.79. The van der Waals surface area contributed by atoms with E-state index in [0.717, 1.165) is 0 Å². The number of carbonyl (C=O) groups is 2. The number of carbonyl (C=O) groups excluding carboxylic acids is 2. The largest absolute Gasteiger partial charge is 0.497 e. The van der Waals surface area contributed by atoms with Gasteiger partial charge in [-0.3, -0.25) is 14.1 Å². The Balaban J connectivity index is 1.85. The van der Waals surface area contributed by atoms with E-state index in [-0.39, 0.29) is 24.1 Å². The van der Waals surface area contributed by atoms with Crippen LogP contribution < -0.4 is 15.0 Å². The number of benzene rings is 1. The SMILES string of the molecule is CCOC(=O)C1CCCN(C(=O)c2c(=O)o[nH][n+]2-c2ccc(OC)cc2)C1. The third-order valence-electron chi connectivity index (χ3n) is 4.51. The zero-order chi connectivity index (χ0) is 19.4. The molecule has 2 aromatic rings.